The molecule has 142 valence electrons. The van der Waals surface area contributed by atoms with Crippen LogP contribution < -0.4 is 15.1 Å². The predicted molar refractivity (Wildman–Crippen MR) is 96.1 cm³/mol. The predicted octanol–water partition coefficient (Wildman–Crippen LogP) is 3.56. The molecule has 0 fully saturated rings. The van der Waals surface area contributed by atoms with E-state index in [2.05, 4.69) is 0 Å². The van der Waals surface area contributed by atoms with Gasteiger partial charge in [0.05, 0.1) is 25.0 Å². The van der Waals surface area contributed by atoms with Crippen molar-refractivity contribution < 1.29 is 28.9 Å². The van der Waals surface area contributed by atoms with Crippen molar-refractivity contribution >= 4 is 16.9 Å². The molecule has 7 heteroatoms. The van der Waals surface area contributed by atoms with Gasteiger partial charge in [-0.1, -0.05) is 20.3 Å². The minimum atomic E-state index is -0.870. The normalized spacial score (nSPS) is 12.1. The zero-order valence-electron chi connectivity index (χ0n) is 15.0. The molecular weight excluding hydrogens is 340 g/mol. The fourth-order valence-corrected chi connectivity index (χ4v) is 2.47. The van der Waals surface area contributed by atoms with Crippen molar-refractivity contribution in [1.29, 1.82) is 0 Å². The Bertz CT molecular complexity index is 809. The molecule has 1 aromatic carbocycles. The van der Waals surface area contributed by atoms with Gasteiger partial charge in [-0.3, -0.25) is 4.79 Å². The first-order valence-corrected chi connectivity index (χ1v) is 8.73. The van der Waals surface area contributed by atoms with E-state index in [1.165, 1.54) is 6.07 Å². The molecule has 26 heavy (non-hydrogen) atoms. The third kappa shape index (κ3) is 4.91. The lowest BCUT2D eigenvalue weighted by Crippen LogP contribution is -2.15. The van der Waals surface area contributed by atoms with Gasteiger partial charge in [0.2, 0.25) is 5.75 Å². The number of rotatable bonds is 10. The molecule has 1 atom stereocenters. The molecule has 0 amide bonds. The molecule has 0 aliphatic rings. The van der Waals surface area contributed by atoms with Crippen molar-refractivity contribution in [1.82, 2.24) is 0 Å². The Morgan fingerprint density at radius 2 is 2.04 bits per heavy atom. The van der Waals surface area contributed by atoms with Crippen molar-refractivity contribution in [2.75, 3.05) is 13.2 Å². The number of carboxylic acid groups (broad SMARTS) is 1. The fraction of sp³-hybridized carbons (Fsp3) is 0.474. The SMILES string of the molecule is CCCCOc1c(O)c2ccc(OCC(CC)CC(=O)O)cc2oc1=O. The van der Waals surface area contributed by atoms with Crippen molar-refractivity contribution in [2.24, 2.45) is 5.92 Å². The summed E-state index contributed by atoms with van der Waals surface area (Å²) in [5, 5.41) is 19.5. The third-order valence-corrected chi connectivity index (χ3v) is 4.08. The van der Waals surface area contributed by atoms with Gasteiger partial charge in [0.25, 0.3) is 0 Å². The number of aromatic hydroxyl groups is 1. The molecule has 0 aliphatic carbocycles. The van der Waals surface area contributed by atoms with E-state index in [1.54, 1.807) is 12.1 Å². The molecule has 1 heterocycles. The van der Waals surface area contributed by atoms with Crippen molar-refractivity contribution in [3.63, 3.8) is 0 Å². The maximum atomic E-state index is 12.0. The van der Waals surface area contributed by atoms with Crippen molar-refractivity contribution in [2.45, 2.75) is 39.5 Å². The standard InChI is InChI=1S/C19H24O7/c1-3-5-8-24-18-17(22)14-7-6-13(10-15(14)26-19(18)23)25-11-12(4-2)9-16(20)21/h6-7,10,12,22H,3-5,8-9,11H2,1-2H3,(H,20,21). The second kappa shape index (κ2) is 9.12. The highest BCUT2D eigenvalue weighted by Gasteiger charge is 2.17. The number of aliphatic carboxylic acids is 1. The highest BCUT2D eigenvalue weighted by Crippen LogP contribution is 2.33. The van der Waals surface area contributed by atoms with Crippen LogP contribution in [0, 0.1) is 5.92 Å². The van der Waals surface area contributed by atoms with Gasteiger partial charge < -0.3 is 24.1 Å². The number of benzene rings is 1. The summed E-state index contributed by atoms with van der Waals surface area (Å²) in [4.78, 5) is 22.8. The van der Waals surface area contributed by atoms with Crippen LogP contribution >= 0.6 is 0 Å². The molecule has 2 rings (SSSR count). The smallest absolute Gasteiger partial charge is 0.383 e. The Labute approximate surface area is 151 Å². The second-order valence-corrected chi connectivity index (χ2v) is 6.11. The minimum Gasteiger partial charge on any atom is -0.504 e. The number of hydrogen-bond acceptors (Lipinski definition) is 6. The van der Waals surface area contributed by atoms with Crippen LogP contribution in [0.5, 0.6) is 17.2 Å². The van der Waals surface area contributed by atoms with E-state index < -0.39 is 11.6 Å². The average molecular weight is 364 g/mol. The molecule has 1 aromatic heterocycles. The second-order valence-electron chi connectivity index (χ2n) is 6.11. The van der Waals surface area contributed by atoms with Crippen LogP contribution in [0.25, 0.3) is 11.0 Å². The van der Waals surface area contributed by atoms with Crippen LogP contribution in [-0.4, -0.2) is 29.4 Å². The quantitative estimate of drug-likeness (QED) is 0.490. The van der Waals surface area contributed by atoms with Gasteiger partial charge in [0.15, 0.2) is 5.75 Å². The fourth-order valence-electron chi connectivity index (χ4n) is 2.47. The third-order valence-electron chi connectivity index (χ3n) is 4.08. The number of carboxylic acids is 1. The molecule has 0 spiro atoms. The summed E-state index contributed by atoms with van der Waals surface area (Å²) < 4.78 is 16.2. The first kappa shape index (κ1) is 19.6. The number of unbranched alkanes of at least 4 members (excludes halogenated alkanes) is 1. The molecule has 0 saturated heterocycles. The van der Waals surface area contributed by atoms with Gasteiger partial charge in [-0.05, 0) is 25.0 Å². The topological polar surface area (TPSA) is 106 Å². The van der Waals surface area contributed by atoms with Gasteiger partial charge in [-0.25, -0.2) is 4.79 Å². The molecule has 0 saturated carbocycles. The summed E-state index contributed by atoms with van der Waals surface area (Å²) in [5.41, 5.74) is -0.570. The van der Waals surface area contributed by atoms with Gasteiger partial charge >= 0.3 is 11.6 Å². The van der Waals surface area contributed by atoms with Crippen LogP contribution in [-0.2, 0) is 4.79 Å². The van der Waals surface area contributed by atoms with Crippen LogP contribution in [0.1, 0.15) is 39.5 Å². The van der Waals surface area contributed by atoms with Gasteiger partial charge in [0, 0.05) is 12.0 Å². The van der Waals surface area contributed by atoms with Gasteiger partial charge in [0.1, 0.15) is 11.3 Å². The number of fused-ring (bicyclic) bond motifs is 1. The maximum Gasteiger partial charge on any atom is 0.383 e. The van der Waals surface area contributed by atoms with Crippen molar-refractivity contribution in [3.05, 3.63) is 28.6 Å². The molecule has 0 aliphatic heterocycles. The van der Waals surface area contributed by atoms with Crippen molar-refractivity contribution in [3.8, 4) is 17.2 Å². The van der Waals surface area contributed by atoms with Crippen LogP contribution in [0.4, 0.5) is 0 Å². The zero-order chi connectivity index (χ0) is 19.1. The van der Waals surface area contributed by atoms with E-state index in [9.17, 15) is 14.7 Å². The number of hydrogen-bond donors (Lipinski definition) is 2. The van der Waals surface area contributed by atoms with Crippen LogP contribution in [0.2, 0.25) is 0 Å². The lowest BCUT2D eigenvalue weighted by atomic mass is 10.0. The van der Waals surface area contributed by atoms with E-state index in [4.69, 9.17) is 19.0 Å². The average Bonchev–Trinajstić information content (AvgIpc) is 2.60. The molecule has 7 nitrogen and oxygen atoms in total. The zero-order valence-corrected chi connectivity index (χ0v) is 15.0. The summed E-state index contributed by atoms with van der Waals surface area (Å²) in [6.07, 6.45) is 2.37. The largest absolute Gasteiger partial charge is 0.504 e. The summed E-state index contributed by atoms with van der Waals surface area (Å²) in [6, 6.07) is 4.71. The maximum absolute atomic E-state index is 12.0. The molecular formula is C19H24O7. The first-order chi connectivity index (χ1) is 12.5. The summed E-state index contributed by atoms with van der Waals surface area (Å²) in [6.45, 7) is 4.45. The van der Waals surface area contributed by atoms with Gasteiger partial charge in [-0.2, -0.15) is 0 Å². The van der Waals surface area contributed by atoms with E-state index in [-0.39, 0.29) is 36.0 Å². The van der Waals surface area contributed by atoms with E-state index in [0.717, 1.165) is 12.8 Å². The van der Waals surface area contributed by atoms with E-state index in [0.29, 0.717) is 24.2 Å². The summed E-state index contributed by atoms with van der Waals surface area (Å²) in [7, 11) is 0. The molecule has 1 unspecified atom stereocenters. The Morgan fingerprint density at radius 3 is 2.69 bits per heavy atom. The molecule has 2 N–H and O–H groups in total. The Balaban J connectivity index is 2.19. The molecule has 0 bridgehead atoms. The molecule has 2 aromatic rings. The van der Waals surface area contributed by atoms with Gasteiger partial charge in [-0.15, -0.1) is 0 Å². The number of ether oxygens (including phenoxy) is 2. The summed E-state index contributed by atoms with van der Waals surface area (Å²) in [5.74, 6) is -0.990. The van der Waals surface area contributed by atoms with E-state index >= 15 is 0 Å². The Morgan fingerprint density at radius 1 is 1.27 bits per heavy atom. The van der Waals surface area contributed by atoms with Crippen LogP contribution in [0.15, 0.2) is 27.4 Å². The Hall–Kier alpha value is -2.70. The lowest BCUT2D eigenvalue weighted by molar-refractivity contribution is -0.138. The lowest BCUT2D eigenvalue weighted by Gasteiger charge is -2.14. The first-order valence-electron chi connectivity index (χ1n) is 8.73. The Kier molecular flexibility index (Phi) is 6.89. The molecule has 0 radical (unpaired) electrons. The monoisotopic (exact) mass is 364 g/mol. The highest BCUT2D eigenvalue weighted by atomic mass is 16.5. The summed E-state index contributed by atoms with van der Waals surface area (Å²) >= 11 is 0. The minimum absolute atomic E-state index is 0.0262. The number of carbonyl (C=O) groups is 1. The highest BCUT2D eigenvalue weighted by molar-refractivity contribution is 5.86. The van der Waals surface area contributed by atoms with E-state index in [1.807, 2.05) is 13.8 Å². The van der Waals surface area contributed by atoms with Crippen LogP contribution in [0.3, 0.4) is 0 Å².